The van der Waals surface area contributed by atoms with E-state index in [2.05, 4.69) is 32.2 Å². The maximum atomic E-state index is 10.2. The Morgan fingerprint density at radius 2 is 1.72 bits per heavy atom. The van der Waals surface area contributed by atoms with Crippen LogP contribution in [0.2, 0.25) is 5.02 Å². The summed E-state index contributed by atoms with van der Waals surface area (Å²) in [6.45, 7) is 5.61. The van der Waals surface area contributed by atoms with E-state index in [9.17, 15) is 5.11 Å². The second-order valence-electron chi connectivity index (χ2n) is 8.24. The number of piperazine rings is 1. The number of phenols is 1. The van der Waals surface area contributed by atoms with Crippen molar-refractivity contribution in [3.8, 4) is 5.75 Å². The molecule has 6 nitrogen and oxygen atoms in total. The Morgan fingerprint density at radius 1 is 1.06 bits per heavy atom. The fraction of sp³-hybridized carbons (Fsp3) is 0.458. The Balaban J connectivity index is 0.00000289. The number of aromatic hydroxyl groups is 1. The molecule has 4 rings (SSSR count). The minimum atomic E-state index is -0.0653. The highest BCUT2D eigenvalue weighted by atomic mass is 127. The maximum absolute atomic E-state index is 10.2. The van der Waals surface area contributed by atoms with Gasteiger partial charge in [-0.3, -0.25) is 4.99 Å². The van der Waals surface area contributed by atoms with Crippen LogP contribution < -0.4 is 10.2 Å². The third-order valence-corrected chi connectivity index (χ3v) is 6.82. The lowest BCUT2D eigenvalue weighted by Gasteiger charge is -2.41. The second kappa shape index (κ2) is 11.4. The lowest BCUT2D eigenvalue weighted by molar-refractivity contribution is 0.0512. The molecule has 2 saturated heterocycles. The van der Waals surface area contributed by atoms with Gasteiger partial charge in [-0.2, -0.15) is 0 Å². The molecule has 2 aliphatic rings. The van der Waals surface area contributed by atoms with Crippen LogP contribution in [0.25, 0.3) is 0 Å². The van der Waals surface area contributed by atoms with Gasteiger partial charge >= 0.3 is 0 Å². The maximum Gasteiger partial charge on any atom is 0.193 e. The number of halogens is 2. The fourth-order valence-electron chi connectivity index (χ4n) is 4.67. The first-order valence-corrected chi connectivity index (χ1v) is 11.3. The van der Waals surface area contributed by atoms with Crippen LogP contribution in [0, 0.1) is 0 Å². The van der Waals surface area contributed by atoms with Gasteiger partial charge in [0.05, 0.1) is 5.69 Å². The van der Waals surface area contributed by atoms with Crippen molar-refractivity contribution in [3.63, 3.8) is 0 Å². The van der Waals surface area contributed by atoms with Gasteiger partial charge < -0.3 is 25.0 Å². The van der Waals surface area contributed by atoms with E-state index in [1.165, 1.54) is 5.56 Å². The lowest BCUT2D eigenvalue weighted by atomic mass is 9.74. The highest BCUT2D eigenvalue weighted by Gasteiger charge is 2.36. The van der Waals surface area contributed by atoms with Gasteiger partial charge in [-0.25, -0.2) is 0 Å². The van der Waals surface area contributed by atoms with Gasteiger partial charge in [-0.05, 0) is 36.6 Å². The molecule has 0 spiro atoms. The summed E-state index contributed by atoms with van der Waals surface area (Å²) in [5.41, 5.74) is 2.02. The molecule has 0 unspecified atom stereocenters. The molecule has 2 fully saturated rings. The number of nitrogens with one attached hydrogen (secondary N) is 1. The quantitative estimate of drug-likeness (QED) is 0.329. The molecule has 0 aromatic heterocycles. The summed E-state index contributed by atoms with van der Waals surface area (Å²) < 4.78 is 5.66. The second-order valence-corrected chi connectivity index (χ2v) is 8.64. The number of aliphatic imine (C=N–C) groups is 1. The van der Waals surface area contributed by atoms with Gasteiger partial charge in [0.25, 0.3) is 0 Å². The highest BCUT2D eigenvalue weighted by molar-refractivity contribution is 14.0. The SMILES string of the molecule is CN=C(NCC1(c2ccccc2Cl)CCOCC1)N1CCN(c2ccccc2O)CC1.I. The Kier molecular flexibility index (Phi) is 8.90. The predicted octanol–water partition coefficient (Wildman–Crippen LogP) is 4.11. The zero-order valence-corrected chi connectivity index (χ0v) is 21.6. The zero-order valence-electron chi connectivity index (χ0n) is 18.5. The molecule has 2 heterocycles. The summed E-state index contributed by atoms with van der Waals surface area (Å²) in [6, 6.07) is 15.7. The third-order valence-electron chi connectivity index (χ3n) is 6.49. The highest BCUT2D eigenvalue weighted by Crippen LogP contribution is 2.38. The van der Waals surface area contributed by atoms with E-state index in [4.69, 9.17) is 16.3 Å². The standard InChI is InChI=1S/C24H31ClN4O2.HI/c1-26-23(29-14-12-28(13-15-29)21-8-4-5-9-22(21)30)27-18-24(10-16-31-17-11-24)19-6-2-3-7-20(19)25;/h2-9,30H,10-18H2,1H3,(H,26,27);1H. The number of anilines is 1. The number of ether oxygens (including phenoxy) is 1. The van der Waals surface area contributed by atoms with Gasteiger partial charge in [0.2, 0.25) is 0 Å². The van der Waals surface area contributed by atoms with Crippen molar-refractivity contribution >= 4 is 47.2 Å². The first-order chi connectivity index (χ1) is 15.1. The normalized spacial score (nSPS) is 18.8. The van der Waals surface area contributed by atoms with E-state index in [1.807, 2.05) is 37.4 Å². The van der Waals surface area contributed by atoms with E-state index < -0.39 is 0 Å². The number of rotatable bonds is 4. The molecule has 0 radical (unpaired) electrons. The number of benzene rings is 2. The third kappa shape index (κ3) is 5.43. The summed E-state index contributed by atoms with van der Waals surface area (Å²) in [6.07, 6.45) is 1.86. The summed E-state index contributed by atoms with van der Waals surface area (Å²) >= 11 is 6.60. The van der Waals surface area contributed by atoms with Crippen molar-refractivity contribution in [2.75, 3.05) is 57.9 Å². The van der Waals surface area contributed by atoms with Crippen molar-refractivity contribution in [3.05, 3.63) is 59.1 Å². The monoisotopic (exact) mass is 570 g/mol. The summed E-state index contributed by atoms with van der Waals surface area (Å²) in [7, 11) is 1.84. The van der Waals surface area contributed by atoms with Gasteiger partial charge in [0, 0.05) is 63.4 Å². The van der Waals surface area contributed by atoms with Crippen LogP contribution in [0.3, 0.4) is 0 Å². The van der Waals surface area contributed by atoms with E-state index >= 15 is 0 Å². The van der Waals surface area contributed by atoms with Crippen molar-refractivity contribution in [1.82, 2.24) is 10.2 Å². The van der Waals surface area contributed by atoms with Crippen molar-refractivity contribution in [2.24, 2.45) is 4.99 Å². The van der Waals surface area contributed by atoms with Crippen LogP contribution in [-0.4, -0.2) is 69.0 Å². The minimum Gasteiger partial charge on any atom is -0.506 e. The molecule has 0 amide bonds. The molecule has 0 bridgehead atoms. The molecule has 174 valence electrons. The van der Waals surface area contributed by atoms with Crippen LogP contribution in [-0.2, 0) is 10.2 Å². The molecule has 0 atom stereocenters. The van der Waals surface area contributed by atoms with E-state index in [-0.39, 0.29) is 29.4 Å². The number of para-hydroxylation sites is 2. The average molecular weight is 571 g/mol. The van der Waals surface area contributed by atoms with Gasteiger partial charge in [0.15, 0.2) is 5.96 Å². The van der Waals surface area contributed by atoms with Crippen molar-refractivity contribution < 1.29 is 9.84 Å². The minimum absolute atomic E-state index is 0. The zero-order chi connectivity index (χ0) is 21.7. The molecule has 32 heavy (non-hydrogen) atoms. The number of guanidine groups is 1. The first kappa shape index (κ1) is 24.9. The molecule has 2 aromatic carbocycles. The largest absolute Gasteiger partial charge is 0.506 e. The summed E-state index contributed by atoms with van der Waals surface area (Å²) in [5.74, 6) is 1.24. The van der Waals surface area contributed by atoms with E-state index in [0.717, 1.165) is 75.4 Å². The molecule has 2 aliphatic heterocycles. The molecule has 0 saturated carbocycles. The van der Waals surface area contributed by atoms with Gasteiger partial charge in [0.1, 0.15) is 5.75 Å². The lowest BCUT2D eigenvalue weighted by Crippen LogP contribution is -2.55. The smallest absolute Gasteiger partial charge is 0.193 e. The molecular formula is C24H32ClIN4O2. The van der Waals surface area contributed by atoms with Crippen LogP contribution in [0.15, 0.2) is 53.5 Å². The van der Waals surface area contributed by atoms with Crippen LogP contribution in [0.4, 0.5) is 5.69 Å². The topological polar surface area (TPSA) is 60.3 Å². The van der Waals surface area contributed by atoms with Crippen molar-refractivity contribution in [2.45, 2.75) is 18.3 Å². The molecule has 8 heteroatoms. The Bertz CT molecular complexity index is 912. The summed E-state index contributed by atoms with van der Waals surface area (Å²) in [5, 5.41) is 14.6. The number of hydrogen-bond donors (Lipinski definition) is 2. The number of phenolic OH excluding ortho intramolecular Hbond substituents is 1. The number of hydrogen-bond acceptors (Lipinski definition) is 4. The molecule has 0 aliphatic carbocycles. The number of nitrogens with zero attached hydrogens (tertiary/aromatic N) is 3. The summed E-state index contributed by atoms with van der Waals surface area (Å²) in [4.78, 5) is 9.07. The van der Waals surface area contributed by atoms with Crippen LogP contribution in [0.5, 0.6) is 5.75 Å². The van der Waals surface area contributed by atoms with Crippen LogP contribution in [0.1, 0.15) is 18.4 Å². The molecule has 2 aromatic rings. The fourth-order valence-corrected chi connectivity index (χ4v) is 5.00. The Morgan fingerprint density at radius 3 is 2.38 bits per heavy atom. The molecule has 2 N–H and O–H groups in total. The van der Waals surface area contributed by atoms with E-state index in [0.29, 0.717) is 5.75 Å². The molecular weight excluding hydrogens is 539 g/mol. The Hall–Kier alpha value is -1.71. The van der Waals surface area contributed by atoms with Crippen molar-refractivity contribution in [1.29, 1.82) is 0 Å². The Labute approximate surface area is 212 Å². The van der Waals surface area contributed by atoms with Gasteiger partial charge in [-0.1, -0.05) is 41.9 Å². The predicted molar refractivity (Wildman–Crippen MR) is 142 cm³/mol. The van der Waals surface area contributed by atoms with Crippen LogP contribution >= 0.6 is 35.6 Å². The van der Waals surface area contributed by atoms with E-state index in [1.54, 1.807) is 6.07 Å². The first-order valence-electron chi connectivity index (χ1n) is 10.9. The van der Waals surface area contributed by atoms with Gasteiger partial charge in [-0.15, -0.1) is 24.0 Å². The average Bonchev–Trinajstić information content (AvgIpc) is 2.81.